The molecule has 5 unspecified atom stereocenters. The number of methoxy groups -OCH3 is 2. The first-order valence-electron chi connectivity index (χ1n) is 18.7. The number of amides is 4. The molecule has 1 aromatic rings. The lowest BCUT2D eigenvalue weighted by atomic mass is 9.89. The maximum atomic E-state index is 14.1. The molecule has 0 spiro atoms. The number of aliphatic hydroxyl groups is 1. The monoisotopic (exact) mass is 718 g/mol. The van der Waals surface area contributed by atoms with Crippen LogP contribution in [0.1, 0.15) is 92.7 Å². The molecule has 0 bridgehead atoms. The molecule has 1 aromatic carbocycles. The fourth-order valence-corrected chi connectivity index (χ4v) is 7.42. The van der Waals surface area contributed by atoms with E-state index in [4.69, 9.17) is 9.47 Å². The van der Waals surface area contributed by atoms with Crippen molar-refractivity contribution in [1.82, 2.24) is 25.8 Å². The molecule has 51 heavy (non-hydrogen) atoms. The Morgan fingerprint density at radius 3 is 2.04 bits per heavy atom. The average Bonchev–Trinajstić information content (AvgIpc) is 3.59. The summed E-state index contributed by atoms with van der Waals surface area (Å²) in [6.45, 7) is 15.9. The molecule has 4 N–H and O–H groups in total. The minimum absolute atomic E-state index is 0.0148. The number of hydrogen-bond donors (Lipinski definition) is 4. The van der Waals surface area contributed by atoms with Crippen molar-refractivity contribution in [3.63, 3.8) is 0 Å². The summed E-state index contributed by atoms with van der Waals surface area (Å²) in [5, 5.41) is 19.8. The van der Waals surface area contributed by atoms with Crippen molar-refractivity contribution < 1.29 is 33.8 Å². The molecule has 2 rings (SSSR count). The van der Waals surface area contributed by atoms with E-state index in [0.717, 1.165) is 12.8 Å². The van der Waals surface area contributed by atoms with Crippen LogP contribution in [0.4, 0.5) is 0 Å². The van der Waals surface area contributed by atoms with Crippen LogP contribution < -0.4 is 16.0 Å². The van der Waals surface area contributed by atoms with Crippen molar-refractivity contribution in [1.29, 1.82) is 0 Å². The molecule has 10 atom stereocenters. The van der Waals surface area contributed by atoms with Crippen molar-refractivity contribution in [2.24, 2.45) is 23.7 Å². The smallest absolute Gasteiger partial charge is 0.245 e. The number of nitrogens with zero attached hydrogens (tertiary/aromatic N) is 2. The van der Waals surface area contributed by atoms with Crippen LogP contribution in [-0.4, -0.2) is 116 Å². The molecule has 0 aliphatic carbocycles. The van der Waals surface area contributed by atoms with Crippen LogP contribution in [0.2, 0.25) is 0 Å². The van der Waals surface area contributed by atoms with Gasteiger partial charge in [0.15, 0.2) is 0 Å². The second kappa shape index (κ2) is 20.8. The highest BCUT2D eigenvalue weighted by Crippen LogP contribution is 2.30. The molecule has 1 fully saturated rings. The molecule has 0 aromatic heterocycles. The van der Waals surface area contributed by atoms with Crippen LogP contribution in [0.15, 0.2) is 30.3 Å². The third-order valence-electron chi connectivity index (χ3n) is 10.7. The predicted molar refractivity (Wildman–Crippen MR) is 200 cm³/mol. The second-order valence-corrected chi connectivity index (χ2v) is 15.0. The second-order valence-electron chi connectivity index (χ2n) is 15.0. The Hall–Kier alpha value is -3.06. The molecule has 12 heteroatoms. The van der Waals surface area contributed by atoms with Gasteiger partial charge < -0.3 is 40.3 Å². The van der Waals surface area contributed by atoms with E-state index in [1.165, 1.54) is 0 Å². The van der Waals surface area contributed by atoms with E-state index in [2.05, 4.69) is 16.0 Å². The number of ether oxygens (including phenoxy) is 2. The number of likely N-dealkylation sites (tertiary alicyclic amines) is 1. The topological polar surface area (TPSA) is 150 Å². The summed E-state index contributed by atoms with van der Waals surface area (Å²) in [5.74, 6) is -1.62. The van der Waals surface area contributed by atoms with E-state index in [9.17, 15) is 24.3 Å². The van der Waals surface area contributed by atoms with E-state index in [0.29, 0.717) is 18.5 Å². The van der Waals surface area contributed by atoms with E-state index < -0.39 is 48.4 Å². The van der Waals surface area contributed by atoms with Gasteiger partial charge in [-0.3, -0.25) is 19.2 Å². The summed E-state index contributed by atoms with van der Waals surface area (Å²) < 4.78 is 11.9. The molecule has 12 nitrogen and oxygen atoms in total. The fourth-order valence-electron chi connectivity index (χ4n) is 7.42. The van der Waals surface area contributed by atoms with E-state index >= 15 is 0 Å². The zero-order valence-corrected chi connectivity index (χ0v) is 33.1. The molecule has 1 aliphatic heterocycles. The highest BCUT2D eigenvalue weighted by Gasteiger charge is 2.43. The molecule has 0 radical (unpaired) electrons. The van der Waals surface area contributed by atoms with E-state index in [1.54, 1.807) is 52.0 Å². The predicted octanol–water partition coefficient (Wildman–Crippen LogP) is 3.53. The highest BCUT2D eigenvalue weighted by atomic mass is 16.5. The van der Waals surface area contributed by atoms with Crippen LogP contribution in [0.25, 0.3) is 0 Å². The largest absolute Gasteiger partial charge is 0.386 e. The summed E-state index contributed by atoms with van der Waals surface area (Å²) >= 11 is 0. The number of carbonyl (C=O) groups is 4. The maximum Gasteiger partial charge on any atom is 0.245 e. The van der Waals surface area contributed by atoms with Gasteiger partial charge in [-0.15, -0.1) is 0 Å². The zero-order chi connectivity index (χ0) is 38.6. The summed E-state index contributed by atoms with van der Waals surface area (Å²) in [6.07, 6.45) is 0.147. The lowest BCUT2D eigenvalue weighted by molar-refractivity contribution is -0.148. The van der Waals surface area contributed by atoms with Gasteiger partial charge in [0, 0.05) is 27.8 Å². The summed E-state index contributed by atoms with van der Waals surface area (Å²) in [6, 6.07) is 6.67. The lowest BCUT2D eigenvalue weighted by Crippen LogP contribution is -2.59. The van der Waals surface area contributed by atoms with Gasteiger partial charge in [-0.2, -0.15) is 0 Å². The Morgan fingerprint density at radius 1 is 0.922 bits per heavy atom. The van der Waals surface area contributed by atoms with Crippen molar-refractivity contribution in [2.75, 3.05) is 34.9 Å². The van der Waals surface area contributed by atoms with E-state index in [1.807, 2.05) is 71.9 Å². The molecule has 290 valence electrons. The Balaban J connectivity index is 2.24. The van der Waals surface area contributed by atoms with Gasteiger partial charge in [-0.25, -0.2) is 0 Å². The first-order chi connectivity index (χ1) is 24.0. The van der Waals surface area contributed by atoms with Crippen LogP contribution >= 0.6 is 0 Å². The van der Waals surface area contributed by atoms with Crippen LogP contribution in [0, 0.1) is 23.7 Å². The minimum atomic E-state index is -0.875. The Labute approximate surface area is 306 Å². The zero-order valence-electron chi connectivity index (χ0n) is 33.1. The highest BCUT2D eigenvalue weighted by molar-refractivity contribution is 5.90. The van der Waals surface area contributed by atoms with Gasteiger partial charge in [0.05, 0.1) is 54.8 Å². The number of aliphatic hydroxyl groups excluding tert-OH is 1. The Morgan fingerprint density at radius 2 is 1.53 bits per heavy atom. The van der Waals surface area contributed by atoms with Gasteiger partial charge in [0.25, 0.3) is 0 Å². The van der Waals surface area contributed by atoms with Crippen molar-refractivity contribution in [3.05, 3.63) is 35.9 Å². The van der Waals surface area contributed by atoms with Gasteiger partial charge in [-0.05, 0) is 50.1 Å². The molecular weight excluding hydrogens is 650 g/mol. The number of rotatable bonds is 20. The summed E-state index contributed by atoms with van der Waals surface area (Å²) in [5.41, 5.74) is 0.711. The fraction of sp³-hybridized carbons (Fsp3) is 0.744. The van der Waals surface area contributed by atoms with Crippen molar-refractivity contribution in [3.8, 4) is 0 Å². The van der Waals surface area contributed by atoms with Gasteiger partial charge in [0.1, 0.15) is 6.04 Å². The van der Waals surface area contributed by atoms with Crippen LogP contribution in [0.3, 0.4) is 0 Å². The Bertz CT molecular complexity index is 1250. The number of benzene rings is 1. The minimum Gasteiger partial charge on any atom is -0.386 e. The lowest BCUT2D eigenvalue weighted by Gasteiger charge is -2.41. The molecule has 0 saturated carbocycles. The average molecular weight is 718 g/mol. The number of hydrogen-bond acceptors (Lipinski definition) is 8. The van der Waals surface area contributed by atoms with Crippen molar-refractivity contribution in [2.45, 2.75) is 130 Å². The Kier molecular flexibility index (Phi) is 18.0. The number of nitrogens with one attached hydrogen (secondary N) is 3. The SMILES string of the molecule is CCC(C)C([C@@H](CC(=O)N1CCC[C@H]1[C@H](OC)[C@@H](C)C(=O)NC(C)C(O)c1ccccc1)OC)N(C)C(=O)[C@@H](NC(=O)C(NC)C(C)C)C(C)C. The first-order valence-corrected chi connectivity index (χ1v) is 18.7. The molecule has 1 saturated heterocycles. The normalized spacial score (nSPS) is 20.1. The maximum absolute atomic E-state index is 14.1. The quantitative estimate of drug-likeness (QED) is 0.160. The molecule has 1 heterocycles. The molecule has 4 amide bonds. The van der Waals surface area contributed by atoms with Gasteiger partial charge in [-0.1, -0.05) is 85.2 Å². The summed E-state index contributed by atoms with van der Waals surface area (Å²) in [7, 11) is 6.57. The molecular formula is C39H67N5O7. The molecule has 1 aliphatic rings. The summed E-state index contributed by atoms with van der Waals surface area (Å²) in [4.78, 5) is 58.3. The van der Waals surface area contributed by atoms with Gasteiger partial charge in [0.2, 0.25) is 23.6 Å². The number of likely N-dealkylation sites (N-methyl/N-ethyl adjacent to an activating group) is 2. The van der Waals surface area contributed by atoms with Gasteiger partial charge >= 0.3 is 0 Å². The number of carbonyl (C=O) groups excluding carboxylic acids is 4. The third-order valence-corrected chi connectivity index (χ3v) is 10.7. The van der Waals surface area contributed by atoms with Crippen LogP contribution in [0.5, 0.6) is 0 Å². The van der Waals surface area contributed by atoms with Crippen molar-refractivity contribution >= 4 is 23.6 Å². The van der Waals surface area contributed by atoms with E-state index in [-0.39, 0.29) is 53.8 Å². The first kappa shape index (κ1) is 44.1. The standard InChI is InChI=1S/C39H67N5O7/c1-13-25(6)34(43(10)39(49)33(24(4)5)42-38(48)32(40-9)23(2)3)30(50-11)22-31(45)44-21-17-20-29(44)36(51-12)26(7)37(47)41-27(8)35(46)28-18-15-14-16-19-28/h14-16,18-19,23-27,29-30,32-36,40,46H,13,17,20-22H2,1-12H3,(H,41,47)(H,42,48)/t25?,26-,27?,29+,30-,32?,33+,34?,35?,36-/m1/s1. The third kappa shape index (κ3) is 11.5. The van der Waals surface area contributed by atoms with Crippen LogP contribution in [-0.2, 0) is 28.7 Å².